The van der Waals surface area contributed by atoms with Crippen molar-refractivity contribution in [3.63, 3.8) is 0 Å². The predicted molar refractivity (Wildman–Crippen MR) is 59.7 cm³/mol. The maximum atomic E-state index is 13.0. The summed E-state index contributed by atoms with van der Waals surface area (Å²) in [6.45, 7) is 0. The maximum absolute atomic E-state index is 13.0. The zero-order valence-corrected chi connectivity index (χ0v) is 8.94. The van der Waals surface area contributed by atoms with Crippen molar-refractivity contribution in [3.8, 4) is 0 Å². The number of carbonyl (C=O) groups is 1. The minimum absolute atomic E-state index is 0.0865. The van der Waals surface area contributed by atoms with E-state index in [-0.39, 0.29) is 16.6 Å². The summed E-state index contributed by atoms with van der Waals surface area (Å²) in [6, 6.07) is 4.58. The minimum atomic E-state index is -0.726. The molecule has 0 aliphatic rings. The average Bonchev–Trinajstić information content (AvgIpc) is 2.32. The molecule has 2 rings (SSSR count). The summed E-state index contributed by atoms with van der Waals surface area (Å²) in [5, 5.41) is 0.111. The van der Waals surface area contributed by atoms with Gasteiger partial charge >= 0.3 is 5.97 Å². The van der Waals surface area contributed by atoms with E-state index < -0.39 is 17.2 Å². The van der Waals surface area contributed by atoms with Crippen LogP contribution in [0.2, 0.25) is 0 Å². The molecule has 0 saturated heterocycles. The molecule has 5 nitrogen and oxygen atoms in total. The van der Waals surface area contributed by atoms with E-state index in [0.29, 0.717) is 0 Å². The quantitative estimate of drug-likeness (QED) is 0.582. The van der Waals surface area contributed by atoms with Crippen LogP contribution < -0.4 is 11.3 Å². The van der Waals surface area contributed by atoms with Crippen LogP contribution in [0.3, 0.4) is 0 Å². The fourth-order valence-electron chi connectivity index (χ4n) is 1.58. The van der Waals surface area contributed by atoms with Gasteiger partial charge in [-0.2, -0.15) is 0 Å². The smallest absolute Gasteiger partial charge is 0.356 e. The highest BCUT2D eigenvalue weighted by Crippen LogP contribution is 2.12. The second kappa shape index (κ2) is 3.89. The number of rotatable bonds is 1. The van der Waals surface area contributed by atoms with Gasteiger partial charge in [-0.3, -0.25) is 9.47 Å². The highest BCUT2D eigenvalue weighted by molar-refractivity contribution is 5.91. The first-order chi connectivity index (χ1) is 8.04. The number of fused-ring (bicyclic) bond motifs is 1. The van der Waals surface area contributed by atoms with Crippen molar-refractivity contribution in [2.45, 2.75) is 0 Å². The number of aromatic nitrogens is 1. The zero-order chi connectivity index (χ0) is 12.6. The summed E-state index contributed by atoms with van der Waals surface area (Å²) in [6.07, 6.45) is 0. The number of methoxy groups -OCH3 is 1. The van der Waals surface area contributed by atoms with Crippen LogP contribution in [0.1, 0.15) is 10.5 Å². The Hall–Kier alpha value is -2.37. The second-order valence-electron chi connectivity index (χ2n) is 3.42. The van der Waals surface area contributed by atoms with Gasteiger partial charge in [-0.15, -0.1) is 0 Å². The maximum Gasteiger partial charge on any atom is 0.356 e. The number of benzene rings is 1. The first-order valence-corrected chi connectivity index (χ1v) is 4.73. The van der Waals surface area contributed by atoms with E-state index in [9.17, 15) is 14.0 Å². The van der Waals surface area contributed by atoms with E-state index in [1.54, 1.807) is 0 Å². The Kier molecular flexibility index (Phi) is 2.55. The van der Waals surface area contributed by atoms with Crippen molar-refractivity contribution in [2.24, 2.45) is 0 Å². The van der Waals surface area contributed by atoms with Crippen LogP contribution in [-0.4, -0.2) is 17.8 Å². The van der Waals surface area contributed by atoms with Gasteiger partial charge in [0.25, 0.3) is 0 Å². The van der Waals surface area contributed by atoms with Gasteiger partial charge in [-0.1, -0.05) is 0 Å². The lowest BCUT2D eigenvalue weighted by Crippen LogP contribution is -2.24. The Morgan fingerprint density at radius 2 is 2.12 bits per heavy atom. The van der Waals surface area contributed by atoms with Gasteiger partial charge in [0.05, 0.1) is 18.0 Å². The molecule has 0 aliphatic heterocycles. The lowest BCUT2D eigenvalue weighted by molar-refractivity contribution is 0.0590. The van der Waals surface area contributed by atoms with E-state index in [2.05, 4.69) is 4.74 Å². The average molecular weight is 236 g/mol. The third-order valence-corrected chi connectivity index (χ3v) is 2.41. The van der Waals surface area contributed by atoms with Gasteiger partial charge in [0, 0.05) is 6.07 Å². The van der Waals surface area contributed by atoms with Gasteiger partial charge < -0.3 is 10.6 Å². The molecule has 6 heteroatoms. The number of ether oxygens (including phenoxy) is 1. The number of hydrogen-bond donors (Lipinski definition) is 1. The van der Waals surface area contributed by atoms with Gasteiger partial charge in [-0.05, 0) is 18.2 Å². The van der Waals surface area contributed by atoms with E-state index in [4.69, 9.17) is 5.84 Å². The van der Waals surface area contributed by atoms with Crippen molar-refractivity contribution < 1.29 is 13.9 Å². The van der Waals surface area contributed by atoms with Crippen LogP contribution in [0.25, 0.3) is 10.9 Å². The topological polar surface area (TPSA) is 74.3 Å². The van der Waals surface area contributed by atoms with Gasteiger partial charge in [0.1, 0.15) is 5.82 Å². The molecule has 0 spiro atoms. The van der Waals surface area contributed by atoms with E-state index in [0.717, 1.165) is 22.9 Å². The minimum Gasteiger partial charge on any atom is -0.464 e. The molecule has 0 aliphatic carbocycles. The number of nitrogen functional groups attached to an aromatic ring is 1. The summed E-state index contributed by atoms with van der Waals surface area (Å²) < 4.78 is 18.5. The van der Waals surface area contributed by atoms with E-state index >= 15 is 0 Å². The van der Waals surface area contributed by atoms with Gasteiger partial charge in [-0.25, -0.2) is 9.18 Å². The number of nitrogens with two attached hydrogens (primary N) is 1. The number of carbonyl (C=O) groups excluding carboxylic acids is 1. The van der Waals surface area contributed by atoms with Crippen LogP contribution in [0, 0.1) is 5.82 Å². The molecule has 1 heterocycles. The summed E-state index contributed by atoms with van der Waals surface area (Å²) in [5.74, 6) is 4.40. The fourth-order valence-corrected chi connectivity index (χ4v) is 1.58. The standard InChI is InChI=1S/C11H9FN2O3/c1-17-11(16)9-5-10(15)7-4-6(12)2-3-8(7)14(9)13/h2-5H,13H2,1H3. The van der Waals surface area contributed by atoms with Crippen molar-refractivity contribution in [2.75, 3.05) is 13.0 Å². The Labute approximate surface area is 95.2 Å². The number of nitrogens with zero attached hydrogens (tertiary/aromatic N) is 1. The Bertz CT molecular complexity index is 664. The van der Waals surface area contributed by atoms with Crippen molar-refractivity contribution >= 4 is 16.9 Å². The molecule has 2 aromatic rings. The van der Waals surface area contributed by atoms with Gasteiger partial charge in [0.2, 0.25) is 0 Å². The molecule has 1 aromatic carbocycles. The normalized spacial score (nSPS) is 10.5. The van der Waals surface area contributed by atoms with Crippen LogP contribution in [0.4, 0.5) is 4.39 Å². The molecule has 0 bridgehead atoms. The lowest BCUT2D eigenvalue weighted by Gasteiger charge is -2.09. The molecule has 0 radical (unpaired) electrons. The van der Waals surface area contributed by atoms with Crippen LogP contribution in [0.5, 0.6) is 0 Å². The van der Waals surface area contributed by atoms with E-state index in [1.807, 2.05) is 0 Å². The monoisotopic (exact) mass is 236 g/mol. The summed E-state index contributed by atoms with van der Waals surface area (Å²) in [7, 11) is 1.18. The molecule has 0 amide bonds. The van der Waals surface area contributed by atoms with E-state index in [1.165, 1.54) is 13.2 Å². The first kappa shape index (κ1) is 11.1. The molecule has 88 valence electrons. The highest BCUT2D eigenvalue weighted by atomic mass is 19.1. The predicted octanol–water partition coefficient (Wildman–Crippen LogP) is 0.641. The zero-order valence-electron chi connectivity index (χ0n) is 8.94. The van der Waals surface area contributed by atoms with Crippen molar-refractivity contribution in [1.29, 1.82) is 0 Å². The molecule has 1 aromatic heterocycles. The third-order valence-electron chi connectivity index (χ3n) is 2.41. The molecular weight excluding hydrogens is 227 g/mol. The Balaban J connectivity index is 2.86. The first-order valence-electron chi connectivity index (χ1n) is 4.73. The summed E-state index contributed by atoms with van der Waals surface area (Å²) in [4.78, 5) is 23.0. The lowest BCUT2D eigenvalue weighted by atomic mass is 10.2. The van der Waals surface area contributed by atoms with Crippen molar-refractivity contribution in [1.82, 2.24) is 4.68 Å². The number of esters is 1. The largest absolute Gasteiger partial charge is 0.464 e. The molecular formula is C11H9FN2O3. The number of halogens is 1. The third kappa shape index (κ3) is 1.73. The van der Waals surface area contributed by atoms with Crippen LogP contribution in [-0.2, 0) is 4.74 Å². The molecule has 2 N–H and O–H groups in total. The molecule has 17 heavy (non-hydrogen) atoms. The van der Waals surface area contributed by atoms with Gasteiger partial charge in [0.15, 0.2) is 11.1 Å². The molecule has 0 atom stereocenters. The van der Waals surface area contributed by atoms with Crippen molar-refractivity contribution in [3.05, 3.63) is 46.0 Å². The summed E-state index contributed by atoms with van der Waals surface area (Å²) in [5.41, 5.74) is -0.308. The fraction of sp³-hybridized carbons (Fsp3) is 0.0909. The summed E-state index contributed by atoms with van der Waals surface area (Å²) >= 11 is 0. The number of pyridine rings is 1. The highest BCUT2D eigenvalue weighted by Gasteiger charge is 2.14. The Morgan fingerprint density at radius 1 is 1.41 bits per heavy atom. The number of hydrogen-bond acceptors (Lipinski definition) is 4. The molecule has 0 unspecified atom stereocenters. The SMILES string of the molecule is COC(=O)c1cc(=O)c2cc(F)ccc2n1N. The molecule has 0 saturated carbocycles. The molecule has 0 fully saturated rings. The Morgan fingerprint density at radius 3 is 2.76 bits per heavy atom. The second-order valence-corrected chi connectivity index (χ2v) is 3.42. The van der Waals surface area contributed by atoms with Crippen LogP contribution >= 0.6 is 0 Å². The van der Waals surface area contributed by atoms with Crippen LogP contribution in [0.15, 0.2) is 29.1 Å².